The Labute approximate surface area is 117 Å². The van der Waals surface area contributed by atoms with Crippen LogP contribution in [-0.4, -0.2) is 18.4 Å². The van der Waals surface area contributed by atoms with Crippen LogP contribution in [0.1, 0.15) is 15.9 Å². The summed E-state index contributed by atoms with van der Waals surface area (Å²) in [6.07, 6.45) is 0. The fraction of sp³-hybridized carbons (Fsp3) is 0.125. The zero-order valence-electron chi connectivity index (χ0n) is 11.1. The van der Waals surface area contributed by atoms with E-state index in [1.54, 1.807) is 12.1 Å². The van der Waals surface area contributed by atoms with E-state index in [0.29, 0.717) is 11.3 Å². The van der Waals surface area contributed by atoms with Crippen molar-refractivity contribution >= 4 is 23.2 Å². The van der Waals surface area contributed by atoms with Gasteiger partial charge in [0.15, 0.2) is 0 Å². The summed E-state index contributed by atoms with van der Waals surface area (Å²) in [5, 5.41) is 2.77. The molecule has 0 saturated carbocycles. The normalized spacial score (nSPS) is 13.7. The largest absolute Gasteiger partial charge is 0.323 e. The summed E-state index contributed by atoms with van der Waals surface area (Å²) in [5.41, 5.74) is 3.02. The van der Waals surface area contributed by atoms with Crippen LogP contribution in [-0.2, 0) is 4.79 Å². The lowest BCUT2D eigenvalue weighted by atomic mass is 10.1. The number of hydrogen-bond donors (Lipinski definition) is 1. The van der Waals surface area contributed by atoms with Gasteiger partial charge < -0.3 is 5.32 Å². The van der Waals surface area contributed by atoms with Crippen molar-refractivity contribution in [2.75, 3.05) is 16.8 Å². The Hall–Kier alpha value is -2.62. The summed E-state index contributed by atoms with van der Waals surface area (Å²) in [7, 11) is 0. The summed E-state index contributed by atoms with van der Waals surface area (Å²) in [4.78, 5) is 25.9. The summed E-state index contributed by atoms with van der Waals surface area (Å²) in [6.45, 7) is 1.98. The Balaban J connectivity index is 2.02. The van der Waals surface area contributed by atoms with Gasteiger partial charge in [0, 0.05) is 5.56 Å². The number of benzene rings is 2. The molecule has 2 aromatic carbocycles. The van der Waals surface area contributed by atoms with Crippen LogP contribution in [0.3, 0.4) is 0 Å². The fourth-order valence-corrected chi connectivity index (χ4v) is 2.35. The molecule has 0 fully saturated rings. The number of amides is 2. The van der Waals surface area contributed by atoms with E-state index in [1.807, 2.05) is 43.3 Å². The number of carbonyl (C=O) groups is 2. The van der Waals surface area contributed by atoms with Crippen molar-refractivity contribution in [3.63, 3.8) is 0 Å². The lowest BCUT2D eigenvalue weighted by Gasteiger charge is -2.29. The summed E-state index contributed by atoms with van der Waals surface area (Å²) in [5.74, 6) is -0.333. The number of carbonyl (C=O) groups excluding carboxylic acids is 2. The molecule has 4 heteroatoms. The number of hydrogen-bond acceptors (Lipinski definition) is 2. The van der Waals surface area contributed by atoms with Crippen LogP contribution >= 0.6 is 0 Å². The molecule has 3 rings (SSSR count). The smallest absolute Gasteiger partial charge is 0.258 e. The molecule has 4 nitrogen and oxygen atoms in total. The first-order valence-electron chi connectivity index (χ1n) is 6.42. The third-order valence-corrected chi connectivity index (χ3v) is 3.28. The fourth-order valence-electron chi connectivity index (χ4n) is 2.35. The second-order valence-electron chi connectivity index (χ2n) is 4.83. The molecule has 100 valence electrons. The van der Waals surface area contributed by atoms with Crippen molar-refractivity contribution in [3.05, 3.63) is 59.7 Å². The van der Waals surface area contributed by atoms with Gasteiger partial charge in [0.05, 0.1) is 11.4 Å². The highest BCUT2D eigenvalue weighted by atomic mass is 16.2. The van der Waals surface area contributed by atoms with Gasteiger partial charge in [0.2, 0.25) is 5.91 Å². The van der Waals surface area contributed by atoms with E-state index >= 15 is 0 Å². The van der Waals surface area contributed by atoms with Gasteiger partial charge in [0.25, 0.3) is 5.91 Å². The molecule has 0 atom stereocenters. The summed E-state index contributed by atoms with van der Waals surface area (Å²) >= 11 is 0. The third kappa shape index (κ3) is 2.16. The van der Waals surface area contributed by atoms with E-state index in [9.17, 15) is 9.59 Å². The van der Waals surface area contributed by atoms with Gasteiger partial charge in [-0.15, -0.1) is 0 Å². The van der Waals surface area contributed by atoms with Crippen molar-refractivity contribution in [1.29, 1.82) is 0 Å². The van der Waals surface area contributed by atoms with Crippen LogP contribution in [0, 0.1) is 6.92 Å². The minimum absolute atomic E-state index is 0.0454. The van der Waals surface area contributed by atoms with Crippen LogP contribution in [0.25, 0.3) is 0 Å². The molecule has 20 heavy (non-hydrogen) atoms. The Kier molecular flexibility index (Phi) is 2.99. The molecule has 1 heterocycles. The van der Waals surface area contributed by atoms with E-state index in [0.717, 1.165) is 11.3 Å². The van der Waals surface area contributed by atoms with E-state index in [1.165, 1.54) is 4.90 Å². The molecule has 0 aromatic heterocycles. The number of fused-ring (bicyclic) bond motifs is 1. The second-order valence-corrected chi connectivity index (χ2v) is 4.83. The lowest BCUT2D eigenvalue weighted by Crippen LogP contribution is -2.42. The highest BCUT2D eigenvalue weighted by molar-refractivity contribution is 6.15. The molecule has 1 N–H and O–H groups in total. The Morgan fingerprint density at radius 2 is 1.95 bits per heavy atom. The lowest BCUT2D eigenvalue weighted by molar-refractivity contribution is -0.115. The molecule has 1 aliphatic rings. The highest BCUT2D eigenvalue weighted by Crippen LogP contribution is 2.30. The monoisotopic (exact) mass is 266 g/mol. The molecular weight excluding hydrogens is 252 g/mol. The molecule has 0 bridgehead atoms. The van der Waals surface area contributed by atoms with Crippen molar-refractivity contribution < 1.29 is 9.59 Å². The first-order valence-corrected chi connectivity index (χ1v) is 6.42. The molecule has 2 aromatic rings. The standard InChI is InChI=1S/C16H14N2O2/c1-11-5-4-6-12(9-11)16(20)18-10-15(19)17-13-7-2-3-8-14(13)18/h2-9H,10H2,1H3,(H,17,19). The topological polar surface area (TPSA) is 49.4 Å². The van der Waals surface area contributed by atoms with Crippen LogP contribution in [0.2, 0.25) is 0 Å². The molecular formula is C16H14N2O2. The minimum atomic E-state index is -0.176. The zero-order chi connectivity index (χ0) is 14.1. The van der Waals surface area contributed by atoms with Crippen molar-refractivity contribution in [2.24, 2.45) is 0 Å². The van der Waals surface area contributed by atoms with E-state index in [-0.39, 0.29) is 18.4 Å². The Bertz CT molecular complexity index is 694. The third-order valence-electron chi connectivity index (χ3n) is 3.28. The van der Waals surface area contributed by atoms with Crippen molar-refractivity contribution in [3.8, 4) is 0 Å². The molecule has 0 aliphatic carbocycles. The van der Waals surface area contributed by atoms with Gasteiger partial charge in [-0.05, 0) is 31.2 Å². The number of rotatable bonds is 1. The SMILES string of the molecule is Cc1cccc(C(=O)N2CC(=O)Nc3ccccc32)c1. The highest BCUT2D eigenvalue weighted by Gasteiger charge is 2.27. The maximum Gasteiger partial charge on any atom is 0.258 e. The molecule has 0 spiro atoms. The second kappa shape index (κ2) is 4.81. The average molecular weight is 266 g/mol. The molecule has 0 saturated heterocycles. The predicted octanol–water partition coefficient (Wildman–Crippen LogP) is 2.59. The van der Waals surface area contributed by atoms with Crippen molar-refractivity contribution in [1.82, 2.24) is 0 Å². The number of para-hydroxylation sites is 2. The first-order chi connectivity index (χ1) is 9.65. The summed E-state index contributed by atoms with van der Waals surface area (Å²) < 4.78 is 0. The van der Waals surface area contributed by atoms with Gasteiger partial charge in [-0.25, -0.2) is 0 Å². The molecule has 0 radical (unpaired) electrons. The van der Waals surface area contributed by atoms with Crippen LogP contribution in [0.5, 0.6) is 0 Å². The predicted molar refractivity (Wildman–Crippen MR) is 77.9 cm³/mol. The van der Waals surface area contributed by atoms with E-state index in [4.69, 9.17) is 0 Å². The van der Waals surface area contributed by atoms with E-state index in [2.05, 4.69) is 5.32 Å². The number of nitrogens with zero attached hydrogens (tertiary/aromatic N) is 1. The number of aryl methyl sites for hydroxylation is 1. The quantitative estimate of drug-likeness (QED) is 0.862. The van der Waals surface area contributed by atoms with Crippen LogP contribution < -0.4 is 10.2 Å². The zero-order valence-corrected chi connectivity index (χ0v) is 11.1. The van der Waals surface area contributed by atoms with Gasteiger partial charge in [0.1, 0.15) is 6.54 Å². The average Bonchev–Trinajstić information content (AvgIpc) is 2.45. The Morgan fingerprint density at radius 1 is 1.15 bits per heavy atom. The first kappa shape index (κ1) is 12.4. The van der Waals surface area contributed by atoms with Gasteiger partial charge >= 0.3 is 0 Å². The number of anilines is 2. The summed E-state index contributed by atoms with van der Waals surface area (Å²) in [6, 6.07) is 14.7. The maximum atomic E-state index is 12.6. The molecule has 1 aliphatic heterocycles. The Morgan fingerprint density at radius 3 is 2.75 bits per heavy atom. The number of nitrogens with one attached hydrogen (secondary N) is 1. The maximum absolute atomic E-state index is 12.6. The molecule has 0 unspecified atom stereocenters. The van der Waals surface area contributed by atoms with Crippen molar-refractivity contribution in [2.45, 2.75) is 6.92 Å². The molecule has 2 amide bonds. The van der Waals surface area contributed by atoms with Gasteiger partial charge in [-0.2, -0.15) is 0 Å². The van der Waals surface area contributed by atoms with Crippen LogP contribution in [0.4, 0.5) is 11.4 Å². The van der Waals surface area contributed by atoms with Crippen LogP contribution in [0.15, 0.2) is 48.5 Å². The van der Waals surface area contributed by atoms with E-state index < -0.39 is 0 Å². The van der Waals surface area contributed by atoms with Gasteiger partial charge in [-0.3, -0.25) is 14.5 Å². The van der Waals surface area contributed by atoms with Gasteiger partial charge in [-0.1, -0.05) is 29.8 Å². The minimum Gasteiger partial charge on any atom is -0.323 e.